The van der Waals surface area contributed by atoms with Gasteiger partial charge in [-0.2, -0.15) is 0 Å². The van der Waals surface area contributed by atoms with Crippen molar-refractivity contribution in [2.45, 2.75) is 20.8 Å². The van der Waals surface area contributed by atoms with E-state index >= 15 is 0 Å². The molecule has 0 spiro atoms. The lowest BCUT2D eigenvalue weighted by atomic mass is 10.4. The number of furan rings is 1. The zero-order valence-electron chi connectivity index (χ0n) is 9.80. The molecule has 90 valence electrons. The Morgan fingerprint density at radius 1 is 1.31 bits per heavy atom. The first-order valence-electron chi connectivity index (χ1n) is 5.24. The van der Waals surface area contributed by atoms with Crippen molar-refractivity contribution in [1.29, 1.82) is 0 Å². The topological polar surface area (TPSA) is 48.7 Å². The van der Waals surface area contributed by atoms with Gasteiger partial charge in [-0.15, -0.1) is 0 Å². The summed E-state index contributed by atoms with van der Waals surface area (Å²) in [6.07, 6.45) is 1.61. The van der Waals surface area contributed by atoms with Gasteiger partial charge >= 0.3 is 7.60 Å². The van der Waals surface area contributed by atoms with E-state index in [4.69, 9.17) is 13.5 Å². The van der Waals surface area contributed by atoms with Gasteiger partial charge in [0.2, 0.25) is 0 Å². The van der Waals surface area contributed by atoms with Crippen molar-refractivity contribution in [2.75, 3.05) is 13.2 Å². The Kier molecular flexibility index (Phi) is 5.00. The summed E-state index contributed by atoms with van der Waals surface area (Å²) in [4.78, 5) is 0. The van der Waals surface area contributed by atoms with Gasteiger partial charge in [0.05, 0.1) is 13.2 Å². The average Bonchev–Trinajstić information content (AvgIpc) is 2.62. The second kappa shape index (κ2) is 6.04. The molecule has 1 heterocycles. The number of rotatable bonds is 6. The Balaban J connectivity index is 2.75. The first-order valence-corrected chi connectivity index (χ1v) is 6.85. The molecular formula is C11H17O4P. The molecule has 0 bridgehead atoms. The first kappa shape index (κ1) is 13.2. The van der Waals surface area contributed by atoms with Crippen molar-refractivity contribution < 1.29 is 18.0 Å². The summed E-state index contributed by atoms with van der Waals surface area (Å²) in [5.41, 5.74) is 0. The molecule has 0 aliphatic carbocycles. The van der Waals surface area contributed by atoms with Gasteiger partial charge in [0.15, 0.2) is 0 Å². The predicted octanol–water partition coefficient (Wildman–Crippen LogP) is 3.82. The van der Waals surface area contributed by atoms with Crippen LogP contribution in [0.1, 0.15) is 25.4 Å². The van der Waals surface area contributed by atoms with E-state index in [1.54, 1.807) is 26.0 Å². The molecule has 0 aliphatic heterocycles. The Hall–Kier alpha value is -0.830. The standard InChI is InChI=1S/C11H17O4P/c1-4-13-16(12,14-5-2)9-8-11-7-6-10(3)15-11/h6-9H,4-5H2,1-3H3/b9-8+. The van der Waals surface area contributed by atoms with Gasteiger partial charge in [-0.25, -0.2) is 0 Å². The normalized spacial score (nSPS) is 12.4. The lowest BCUT2D eigenvalue weighted by Gasteiger charge is -2.11. The first-order chi connectivity index (χ1) is 7.59. The minimum absolute atomic E-state index is 0.346. The largest absolute Gasteiger partial charge is 0.462 e. The van der Waals surface area contributed by atoms with Crippen LogP contribution >= 0.6 is 7.60 Å². The van der Waals surface area contributed by atoms with Crippen molar-refractivity contribution in [2.24, 2.45) is 0 Å². The van der Waals surface area contributed by atoms with Gasteiger partial charge < -0.3 is 13.5 Å². The molecule has 0 unspecified atom stereocenters. The molecule has 0 atom stereocenters. The number of hydrogen-bond acceptors (Lipinski definition) is 4. The highest BCUT2D eigenvalue weighted by Gasteiger charge is 2.18. The predicted molar refractivity (Wildman–Crippen MR) is 63.3 cm³/mol. The fourth-order valence-electron chi connectivity index (χ4n) is 1.19. The summed E-state index contributed by atoms with van der Waals surface area (Å²) in [6.45, 7) is 6.09. The van der Waals surface area contributed by atoms with Crippen molar-refractivity contribution >= 4 is 13.7 Å². The summed E-state index contributed by atoms with van der Waals surface area (Å²) in [5, 5.41) is 0. The van der Waals surface area contributed by atoms with Crippen LogP contribution in [0.15, 0.2) is 22.4 Å². The Labute approximate surface area is 95.8 Å². The summed E-state index contributed by atoms with van der Waals surface area (Å²) in [7, 11) is -3.12. The van der Waals surface area contributed by atoms with Crippen molar-refractivity contribution in [3.8, 4) is 0 Å². The van der Waals surface area contributed by atoms with Crippen LogP contribution in [-0.2, 0) is 13.6 Å². The maximum atomic E-state index is 12.0. The molecule has 1 aromatic heterocycles. The molecule has 16 heavy (non-hydrogen) atoms. The van der Waals surface area contributed by atoms with E-state index in [9.17, 15) is 4.57 Å². The smallest absolute Gasteiger partial charge is 0.354 e. The fourth-order valence-corrected chi connectivity index (χ4v) is 2.49. The van der Waals surface area contributed by atoms with E-state index in [1.165, 1.54) is 5.82 Å². The quantitative estimate of drug-likeness (QED) is 0.713. The molecule has 1 rings (SSSR count). The average molecular weight is 244 g/mol. The third-order valence-corrected chi connectivity index (χ3v) is 3.55. The number of aryl methyl sites for hydroxylation is 1. The van der Waals surface area contributed by atoms with Crippen LogP contribution in [0.5, 0.6) is 0 Å². The minimum atomic E-state index is -3.12. The third-order valence-electron chi connectivity index (χ3n) is 1.80. The van der Waals surface area contributed by atoms with Crippen LogP contribution in [0, 0.1) is 6.92 Å². The van der Waals surface area contributed by atoms with Gasteiger partial charge in [-0.1, -0.05) is 0 Å². The number of hydrogen-bond donors (Lipinski definition) is 0. The van der Waals surface area contributed by atoms with Crippen molar-refractivity contribution in [1.82, 2.24) is 0 Å². The molecule has 0 saturated carbocycles. The Bertz CT molecular complexity index is 384. The second-order valence-corrected chi connectivity index (χ2v) is 5.03. The third kappa shape index (κ3) is 3.97. The van der Waals surface area contributed by atoms with Crippen LogP contribution in [0.3, 0.4) is 0 Å². The lowest BCUT2D eigenvalue weighted by molar-refractivity contribution is 0.229. The molecule has 0 aromatic carbocycles. The highest BCUT2D eigenvalue weighted by molar-refractivity contribution is 7.57. The van der Waals surface area contributed by atoms with Crippen LogP contribution in [0.25, 0.3) is 6.08 Å². The molecule has 0 amide bonds. The van der Waals surface area contributed by atoms with Gasteiger partial charge in [-0.05, 0) is 39.0 Å². The summed E-state index contributed by atoms with van der Waals surface area (Å²) in [6, 6.07) is 3.64. The van der Waals surface area contributed by atoms with Gasteiger partial charge in [0, 0.05) is 5.82 Å². The van der Waals surface area contributed by atoms with Crippen LogP contribution in [0.4, 0.5) is 0 Å². The van der Waals surface area contributed by atoms with Crippen molar-refractivity contribution in [3.05, 3.63) is 29.5 Å². The molecule has 5 heteroatoms. The second-order valence-electron chi connectivity index (χ2n) is 3.14. The van der Waals surface area contributed by atoms with E-state index in [1.807, 2.05) is 13.0 Å². The van der Waals surface area contributed by atoms with Crippen LogP contribution in [-0.4, -0.2) is 13.2 Å². The molecule has 0 saturated heterocycles. The molecule has 0 radical (unpaired) electrons. The maximum absolute atomic E-state index is 12.0. The summed E-state index contributed by atoms with van der Waals surface area (Å²) in [5.74, 6) is 2.87. The van der Waals surface area contributed by atoms with Crippen LogP contribution in [0.2, 0.25) is 0 Å². The molecule has 1 aromatic rings. The monoisotopic (exact) mass is 244 g/mol. The SMILES string of the molecule is CCOP(=O)(/C=C/c1ccc(C)o1)OCC. The Morgan fingerprint density at radius 3 is 2.38 bits per heavy atom. The molecule has 0 N–H and O–H groups in total. The molecule has 0 aliphatic rings. The highest BCUT2D eigenvalue weighted by atomic mass is 31.2. The summed E-state index contributed by atoms with van der Waals surface area (Å²) >= 11 is 0. The lowest BCUT2D eigenvalue weighted by Crippen LogP contribution is -1.92. The van der Waals surface area contributed by atoms with Crippen LogP contribution < -0.4 is 0 Å². The highest BCUT2D eigenvalue weighted by Crippen LogP contribution is 2.50. The van der Waals surface area contributed by atoms with Gasteiger partial charge in [-0.3, -0.25) is 4.57 Å². The van der Waals surface area contributed by atoms with Gasteiger partial charge in [0.1, 0.15) is 11.5 Å². The zero-order chi connectivity index (χ0) is 12.0. The zero-order valence-corrected chi connectivity index (χ0v) is 10.7. The van der Waals surface area contributed by atoms with Crippen molar-refractivity contribution in [3.63, 3.8) is 0 Å². The summed E-state index contributed by atoms with van der Waals surface area (Å²) < 4.78 is 27.5. The fraction of sp³-hybridized carbons (Fsp3) is 0.455. The van der Waals surface area contributed by atoms with E-state index in [0.29, 0.717) is 19.0 Å². The van der Waals surface area contributed by atoms with E-state index in [0.717, 1.165) is 5.76 Å². The molecule has 4 nitrogen and oxygen atoms in total. The Morgan fingerprint density at radius 2 is 1.94 bits per heavy atom. The maximum Gasteiger partial charge on any atom is 0.354 e. The van der Waals surface area contributed by atoms with E-state index < -0.39 is 7.60 Å². The van der Waals surface area contributed by atoms with Gasteiger partial charge in [0.25, 0.3) is 0 Å². The molecular weight excluding hydrogens is 227 g/mol. The minimum Gasteiger partial charge on any atom is -0.462 e. The molecule has 0 fully saturated rings. The van der Waals surface area contributed by atoms with E-state index in [-0.39, 0.29) is 0 Å². The van der Waals surface area contributed by atoms with E-state index in [2.05, 4.69) is 0 Å².